The summed E-state index contributed by atoms with van der Waals surface area (Å²) in [6, 6.07) is 5.90. The molecule has 1 aromatic carbocycles. The minimum Gasteiger partial charge on any atom is -0.398 e. The van der Waals surface area contributed by atoms with Gasteiger partial charge in [0.2, 0.25) is 0 Å². The molecule has 1 aromatic rings. The number of rotatable bonds is 7. The minimum atomic E-state index is 0.649. The average Bonchev–Trinajstić information content (AvgIpc) is 2.32. The van der Waals surface area contributed by atoms with Crippen molar-refractivity contribution in [3.63, 3.8) is 0 Å². The summed E-state index contributed by atoms with van der Waals surface area (Å²) >= 11 is 6.04. The van der Waals surface area contributed by atoms with E-state index in [2.05, 4.69) is 36.9 Å². The first kappa shape index (κ1) is 15.3. The van der Waals surface area contributed by atoms with E-state index in [9.17, 15) is 0 Å². The zero-order chi connectivity index (χ0) is 13.5. The van der Waals surface area contributed by atoms with Crippen molar-refractivity contribution in [1.82, 2.24) is 9.80 Å². The van der Waals surface area contributed by atoms with Crippen LogP contribution in [0.5, 0.6) is 0 Å². The summed E-state index contributed by atoms with van der Waals surface area (Å²) in [7, 11) is 4.21. The van der Waals surface area contributed by atoms with Crippen LogP contribution in [0, 0.1) is 0 Å². The van der Waals surface area contributed by atoms with E-state index >= 15 is 0 Å². The number of nitrogen functional groups attached to an aromatic ring is 1. The van der Waals surface area contributed by atoms with Gasteiger partial charge in [-0.1, -0.05) is 24.6 Å². The Morgan fingerprint density at radius 2 is 1.94 bits per heavy atom. The van der Waals surface area contributed by atoms with E-state index < -0.39 is 0 Å². The van der Waals surface area contributed by atoms with E-state index in [4.69, 9.17) is 17.3 Å². The van der Waals surface area contributed by atoms with Crippen LogP contribution in [0.15, 0.2) is 18.2 Å². The number of nitrogens with zero attached hydrogens (tertiary/aromatic N) is 2. The summed E-state index contributed by atoms with van der Waals surface area (Å²) in [5.41, 5.74) is 7.59. The average molecular weight is 270 g/mol. The molecule has 0 aliphatic carbocycles. The molecule has 0 saturated heterocycles. The number of hydrogen-bond acceptors (Lipinski definition) is 3. The fourth-order valence-electron chi connectivity index (χ4n) is 1.89. The van der Waals surface area contributed by atoms with Crippen LogP contribution in [0.25, 0.3) is 0 Å². The van der Waals surface area contributed by atoms with E-state index in [1.807, 2.05) is 12.1 Å². The molecule has 0 heterocycles. The highest BCUT2D eigenvalue weighted by molar-refractivity contribution is 6.33. The van der Waals surface area contributed by atoms with Gasteiger partial charge in [0.05, 0.1) is 10.7 Å². The van der Waals surface area contributed by atoms with Gasteiger partial charge >= 0.3 is 0 Å². The first-order valence-electron chi connectivity index (χ1n) is 6.44. The molecular weight excluding hydrogens is 246 g/mol. The van der Waals surface area contributed by atoms with Crippen molar-refractivity contribution >= 4 is 17.3 Å². The quantitative estimate of drug-likeness (QED) is 0.773. The molecule has 0 spiro atoms. The first-order valence-corrected chi connectivity index (χ1v) is 6.81. The molecule has 0 unspecified atom stereocenters. The predicted molar refractivity (Wildman–Crippen MR) is 80.0 cm³/mol. The van der Waals surface area contributed by atoms with Crippen molar-refractivity contribution in [2.45, 2.75) is 19.9 Å². The van der Waals surface area contributed by atoms with Gasteiger partial charge in [-0.2, -0.15) is 0 Å². The monoisotopic (exact) mass is 269 g/mol. The third-order valence-electron chi connectivity index (χ3n) is 3.00. The molecular formula is C14H24ClN3. The lowest BCUT2D eigenvalue weighted by Crippen LogP contribution is -2.26. The largest absolute Gasteiger partial charge is 0.398 e. The van der Waals surface area contributed by atoms with Gasteiger partial charge in [-0.05, 0) is 57.8 Å². The van der Waals surface area contributed by atoms with Crippen LogP contribution >= 0.6 is 11.6 Å². The highest BCUT2D eigenvalue weighted by Crippen LogP contribution is 2.20. The molecule has 0 fully saturated rings. The van der Waals surface area contributed by atoms with Crippen molar-refractivity contribution < 1.29 is 0 Å². The molecule has 0 radical (unpaired) electrons. The van der Waals surface area contributed by atoms with Crippen LogP contribution in [0.4, 0.5) is 5.69 Å². The highest BCUT2D eigenvalue weighted by atomic mass is 35.5. The maximum atomic E-state index is 6.04. The maximum Gasteiger partial charge on any atom is 0.0638 e. The van der Waals surface area contributed by atoms with Gasteiger partial charge in [0.25, 0.3) is 0 Å². The van der Waals surface area contributed by atoms with Gasteiger partial charge in [0.1, 0.15) is 0 Å². The summed E-state index contributed by atoms with van der Waals surface area (Å²) in [5.74, 6) is 0. The minimum absolute atomic E-state index is 0.649. The summed E-state index contributed by atoms with van der Waals surface area (Å²) < 4.78 is 0. The standard InChI is InChI=1S/C14H24ClN3/c1-4-18(9-5-8-17(2)3)11-12-6-7-14(16)13(15)10-12/h6-7,10H,4-5,8-9,11,16H2,1-3H3. The second-order valence-electron chi connectivity index (χ2n) is 4.88. The van der Waals surface area contributed by atoms with Gasteiger partial charge in [-0.15, -0.1) is 0 Å². The topological polar surface area (TPSA) is 32.5 Å². The van der Waals surface area contributed by atoms with E-state index in [1.165, 1.54) is 12.0 Å². The molecule has 2 N–H and O–H groups in total. The highest BCUT2D eigenvalue weighted by Gasteiger charge is 2.05. The third-order valence-corrected chi connectivity index (χ3v) is 3.33. The molecule has 0 atom stereocenters. The van der Waals surface area contributed by atoms with Crippen molar-refractivity contribution in [1.29, 1.82) is 0 Å². The Labute approximate surface area is 116 Å². The SMILES string of the molecule is CCN(CCCN(C)C)Cc1ccc(N)c(Cl)c1. The van der Waals surface area contributed by atoms with Gasteiger partial charge in [-0.25, -0.2) is 0 Å². The van der Waals surface area contributed by atoms with Crippen molar-refractivity contribution in [2.75, 3.05) is 39.5 Å². The molecule has 3 nitrogen and oxygen atoms in total. The molecule has 0 aliphatic rings. The zero-order valence-electron chi connectivity index (χ0n) is 11.6. The fourth-order valence-corrected chi connectivity index (χ4v) is 2.09. The van der Waals surface area contributed by atoms with E-state index in [0.717, 1.165) is 26.2 Å². The Hall–Kier alpha value is -0.770. The molecule has 18 heavy (non-hydrogen) atoms. The summed E-state index contributed by atoms with van der Waals surface area (Å²) in [6.07, 6.45) is 1.18. The Bertz CT molecular complexity index is 366. The molecule has 0 amide bonds. The van der Waals surface area contributed by atoms with Crippen LogP contribution < -0.4 is 5.73 Å². The number of benzene rings is 1. The molecule has 0 aliphatic heterocycles. The predicted octanol–water partition coefficient (Wildman–Crippen LogP) is 2.70. The first-order chi connectivity index (χ1) is 8.52. The third kappa shape index (κ3) is 5.25. The molecule has 0 aromatic heterocycles. The van der Waals surface area contributed by atoms with Gasteiger partial charge in [-0.3, -0.25) is 4.90 Å². The Morgan fingerprint density at radius 3 is 2.50 bits per heavy atom. The molecule has 1 rings (SSSR count). The van der Waals surface area contributed by atoms with Crippen LogP contribution in [0.2, 0.25) is 5.02 Å². The normalized spacial score (nSPS) is 11.4. The summed E-state index contributed by atoms with van der Waals surface area (Å²) in [5, 5.41) is 0.650. The summed E-state index contributed by atoms with van der Waals surface area (Å²) in [4.78, 5) is 4.64. The lowest BCUT2D eigenvalue weighted by molar-refractivity contribution is 0.259. The van der Waals surface area contributed by atoms with E-state index in [0.29, 0.717) is 10.7 Å². The number of anilines is 1. The van der Waals surface area contributed by atoms with Crippen LogP contribution in [0.1, 0.15) is 18.9 Å². The Balaban J connectivity index is 2.49. The lowest BCUT2D eigenvalue weighted by Gasteiger charge is -2.21. The number of hydrogen-bond donors (Lipinski definition) is 1. The molecule has 102 valence electrons. The fraction of sp³-hybridized carbons (Fsp3) is 0.571. The van der Waals surface area contributed by atoms with Crippen molar-refractivity contribution in [3.05, 3.63) is 28.8 Å². The smallest absolute Gasteiger partial charge is 0.0638 e. The number of nitrogens with two attached hydrogens (primary N) is 1. The molecule has 0 saturated carbocycles. The van der Waals surface area contributed by atoms with Gasteiger partial charge < -0.3 is 10.6 Å². The van der Waals surface area contributed by atoms with Crippen LogP contribution in [0.3, 0.4) is 0 Å². The Kier molecular flexibility index (Phi) is 6.47. The molecule has 4 heteroatoms. The second-order valence-corrected chi connectivity index (χ2v) is 5.29. The van der Waals surface area contributed by atoms with Crippen molar-refractivity contribution in [3.8, 4) is 0 Å². The van der Waals surface area contributed by atoms with Gasteiger partial charge in [0, 0.05) is 6.54 Å². The van der Waals surface area contributed by atoms with Crippen LogP contribution in [-0.4, -0.2) is 43.5 Å². The van der Waals surface area contributed by atoms with Crippen molar-refractivity contribution in [2.24, 2.45) is 0 Å². The number of halogens is 1. The van der Waals surface area contributed by atoms with Crippen LogP contribution in [-0.2, 0) is 6.54 Å². The lowest BCUT2D eigenvalue weighted by atomic mass is 10.2. The Morgan fingerprint density at radius 1 is 1.22 bits per heavy atom. The van der Waals surface area contributed by atoms with Gasteiger partial charge in [0.15, 0.2) is 0 Å². The molecule has 0 bridgehead atoms. The summed E-state index contributed by atoms with van der Waals surface area (Å²) in [6.45, 7) is 6.41. The van der Waals surface area contributed by atoms with E-state index in [-0.39, 0.29) is 0 Å². The zero-order valence-corrected chi connectivity index (χ0v) is 12.4. The second kappa shape index (κ2) is 7.62. The van der Waals surface area contributed by atoms with E-state index in [1.54, 1.807) is 0 Å². The maximum absolute atomic E-state index is 6.04.